The van der Waals surface area contributed by atoms with E-state index in [0.717, 1.165) is 30.4 Å². The van der Waals surface area contributed by atoms with Gasteiger partial charge in [0.1, 0.15) is 11.9 Å². The maximum atomic E-state index is 12.2. The van der Waals surface area contributed by atoms with Crippen LogP contribution in [-0.2, 0) is 14.3 Å². The molecule has 0 spiro atoms. The Morgan fingerprint density at radius 2 is 2.00 bits per heavy atom. The van der Waals surface area contributed by atoms with Crippen LogP contribution in [0.2, 0.25) is 0 Å². The Kier molecular flexibility index (Phi) is 3.32. The summed E-state index contributed by atoms with van der Waals surface area (Å²) < 4.78 is 5.55. The van der Waals surface area contributed by atoms with Crippen molar-refractivity contribution in [2.45, 2.75) is 50.7 Å². The minimum absolute atomic E-state index is 0.0509. The molecule has 0 aromatic rings. The van der Waals surface area contributed by atoms with Crippen LogP contribution in [0.25, 0.3) is 0 Å². The van der Waals surface area contributed by atoms with Gasteiger partial charge in [0.15, 0.2) is 5.60 Å². The van der Waals surface area contributed by atoms with Crippen molar-refractivity contribution in [2.24, 2.45) is 17.8 Å². The lowest BCUT2D eigenvalue weighted by atomic mass is 9.76. The molecule has 4 nitrogen and oxygen atoms in total. The molecule has 1 heterocycles. The molecular formula is C17H22O4. The standard InChI is InChI=1S/C17H22O4/c1-9-5-7-13-15(14-10(2)4-6-12(9)14)21-16(19)17(13,20)8-11(3)18/h12-15,20H,1-2,4-8H2,3H3. The maximum Gasteiger partial charge on any atom is 0.339 e. The molecule has 4 heteroatoms. The Morgan fingerprint density at radius 1 is 1.33 bits per heavy atom. The van der Waals surface area contributed by atoms with Gasteiger partial charge in [0.05, 0.1) is 0 Å². The van der Waals surface area contributed by atoms with Gasteiger partial charge in [-0.15, -0.1) is 0 Å². The molecule has 0 amide bonds. The van der Waals surface area contributed by atoms with E-state index in [4.69, 9.17) is 4.74 Å². The molecule has 21 heavy (non-hydrogen) atoms. The van der Waals surface area contributed by atoms with Crippen LogP contribution < -0.4 is 0 Å². The number of esters is 1. The van der Waals surface area contributed by atoms with Crippen LogP contribution in [0, 0.1) is 17.8 Å². The summed E-state index contributed by atoms with van der Waals surface area (Å²) in [6, 6.07) is 0. The number of hydrogen-bond donors (Lipinski definition) is 1. The summed E-state index contributed by atoms with van der Waals surface area (Å²) in [6.45, 7) is 9.70. The predicted molar refractivity (Wildman–Crippen MR) is 77.3 cm³/mol. The summed E-state index contributed by atoms with van der Waals surface area (Å²) in [5.41, 5.74) is 0.571. The summed E-state index contributed by atoms with van der Waals surface area (Å²) >= 11 is 0. The van der Waals surface area contributed by atoms with Crippen molar-refractivity contribution in [3.8, 4) is 0 Å². The van der Waals surface area contributed by atoms with Gasteiger partial charge in [-0.25, -0.2) is 4.79 Å². The van der Waals surface area contributed by atoms with E-state index < -0.39 is 11.6 Å². The predicted octanol–water partition coefficient (Wildman–Crippen LogP) is 2.17. The fraction of sp³-hybridized carbons (Fsp3) is 0.647. The minimum atomic E-state index is -1.67. The molecule has 2 aliphatic carbocycles. The van der Waals surface area contributed by atoms with E-state index in [-0.39, 0.29) is 30.1 Å². The molecule has 2 saturated carbocycles. The Hall–Kier alpha value is -1.42. The van der Waals surface area contributed by atoms with Crippen molar-refractivity contribution in [1.82, 2.24) is 0 Å². The van der Waals surface area contributed by atoms with Gasteiger partial charge in [0.25, 0.3) is 0 Å². The number of rotatable bonds is 2. The summed E-state index contributed by atoms with van der Waals surface area (Å²) in [6.07, 6.45) is 2.80. The van der Waals surface area contributed by atoms with E-state index in [9.17, 15) is 14.7 Å². The molecule has 0 aromatic heterocycles. The van der Waals surface area contributed by atoms with Crippen LogP contribution in [-0.4, -0.2) is 28.6 Å². The Labute approximate surface area is 124 Å². The zero-order valence-corrected chi connectivity index (χ0v) is 12.4. The van der Waals surface area contributed by atoms with Crippen molar-refractivity contribution in [2.75, 3.05) is 0 Å². The second-order valence-corrected chi connectivity index (χ2v) is 6.81. The maximum absolute atomic E-state index is 12.2. The largest absolute Gasteiger partial charge is 0.459 e. The van der Waals surface area contributed by atoms with Crippen molar-refractivity contribution in [3.63, 3.8) is 0 Å². The number of carbonyl (C=O) groups excluding carboxylic acids is 2. The molecule has 1 aliphatic heterocycles. The van der Waals surface area contributed by atoms with Crippen LogP contribution in [0.4, 0.5) is 0 Å². The highest BCUT2D eigenvalue weighted by atomic mass is 16.6. The fourth-order valence-corrected chi connectivity index (χ4v) is 4.46. The molecule has 0 aromatic carbocycles. The number of ketones is 1. The molecule has 5 atom stereocenters. The van der Waals surface area contributed by atoms with E-state index >= 15 is 0 Å². The average molecular weight is 290 g/mol. The highest BCUT2D eigenvalue weighted by molar-refractivity contribution is 5.89. The first-order valence-corrected chi connectivity index (χ1v) is 7.63. The number of carbonyl (C=O) groups is 2. The third-order valence-corrected chi connectivity index (χ3v) is 5.46. The topological polar surface area (TPSA) is 63.6 Å². The lowest BCUT2D eigenvalue weighted by molar-refractivity contribution is -0.158. The first kappa shape index (κ1) is 14.5. The second kappa shape index (κ2) is 4.80. The first-order chi connectivity index (χ1) is 9.84. The number of fused-ring (bicyclic) bond motifs is 3. The first-order valence-electron chi connectivity index (χ1n) is 7.63. The molecular weight excluding hydrogens is 268 g/mol. The lowest BCUT2D eigenvalue weighted by Gasteiger charge is -2.29. The van der Waals surface area contributed by atoms with E-state index in [0.29, 0.717) is 12.3 Å². The number of hydrogen-bond acceptors (Lipinski definition) is 4. The Bertz CT molecular complexity index is 535. The molecule has 0 bridgehead atoms. The van der Waals surface area contributed by atoms with Crippen molar-refractivity contribution in [3.05, 3.63) is 24.3 Å². The van der Waals surface area contributed by atoms with E-state index in [1.54, 1.807) is 0 Å². The molecule has 0 radical (unpaired) electrons. The minimum Gasteiger partial charge on any atom is -0.459 e. The molecule has 3 rings (SSSR count). The summed E-state index contributed by atoms with van der Waals surface area (Å²) in [5, 5.41) is 10.8. The summed E-state index contributed by atoms with van der Waals surface area (Å²) in [4.78, 5) is 23.7. The number of ether oxygens (including phenoxy) is 1. The monoisotopic (exact) mass is 290 g/mol. The fourth-order valence-electron chi connectivity index (χ4n) is 4.46. The van der Waals surface area contributed by atoms with Gasteiger partial charge in [0, 0.05) is 18.3 Å². The summed E-state index contributed by atoms with van der Waals surface area (Å²) in [5.74, 6) is -0.830. The van der Waals surface area contributed by atoms with Gasteiger partial charge in [-0.2, -0.15) is 0 Å². The van der Waals surface area contributed by atoms with Gasteiger partial charge in [-0.3, -0.25) is 4.79 Å². The summed E-state index contributed by atoms with van der Waals surface area (Å²) in [7, 11) is 0. The van der Waals surface area contributed by atoms with Crippen LogP contribution in [0.5, 0.6) is 0 Å². The van der Waals surface area contributed by atoms with Gasteiger partial charge >= 0.3 is 5.97 Å². The van der Waals surface area contributed by atoms with Crippen molar-refractivity contribution in [1.29, 1.82) is 0 Å². The Balaban J connectivity index is 1.99. The second-order valence-electron chi connectivity index (χ2n) is 6.81. The normalized spacial score (nSPS) is 42.3. The van der Waals surface area contributed by atoms with Crippen LogP contribution >= 0.6 is 0 Å². The van der Waals surface area contributed by atoms with Crippen molar-refractivity contribution < 1.29 is 19.4 Å². The third kappa shape index (κ3) is 2.08. The van der Waals surface area contributed by atoms with Crippen LogP contribution in [0.15, 0.2) is 24.3 Å². The molecule has 1 saturated heterocycles. The number of allylic oxidation sites excluding steroid dienone is 1. The van der Waals surface area contributed by atoms with Gasteiger partial charge in [0.2, 0.25) is 0 Å². The smallest absolute Gasteiger partial charge is 0.339 e. The molecule has 3 fully saturated rings. The van der Waals surface area contributed by atoms with E-state index in [1.165, 1.54) is 6.92 Å². The highest BCUT2D eigenvalue weighted by Gasteiger charge is 2.61. The SMILES string of the molecule is C=C1CCC2C(OC(=O)C2(O)CC(C)=O)C2C(=C)CCC12. The quantitative estimate of drug-likeness (QED) is 0.625. The van der Waals surface area contributed by atoms with Crippen LogP contribution in [0.1, 0.15) is 39.0 Å². The molecule has 5 unspecified atom stereocenters. The highest BCUT2D eigenvalue weighted by Crippen LogP contribution is 2.53. The zero-order valence-electron chi connectivity index (χ0n) is 12.4. The number of Topliss-reactive ketones (excluding diaryl/α,β-unsaturated/α-hetero) is 1. The third-order valence-electron chi connectivity index (χ3n) is 5.46. The van der Waals surface area contributed by atoms with Gasteiger partial charge < -0.3 is 9.84 Å². The zero-order chi connectivity index (χ0) is 15.4. The van der Waals surface area contributed by atoms with E-state index in [2.05, 4.69) is 13.2 Å². The lowest BCUT2D eigenvalue weighted by Crippen LogP contribution is -2.44. The van der Waals surface area contributed by atoms with Crippen molar-refractivity contribution >= 4 is 11.8 Å². The van der Waals surface area contributed by atoms with Crippen LogP contribution in [0.3, 0.4) is 0 Å². The molecule has 1 N–H and O–H groups in total. The van der Waals surface area contributed by atoms with Gasteiger partial charge in [-0.05, 0) is 38.5 Å². The van der Waals surface area contributed by atoms with E-state index in [1.807, 2.05) is 0 Å². The Morgan fingerprint density at radius 3 is 2.67 bits per heavy atom. The number of aliphatic hydroxyl groups is 1. The van der Waals surface area contributed by atoms with Gasteiger partial charge in [-0.1, -0.05) is 24.3 Å². The molecule has 114 valence electrons. The average Bonchev–Trinajstić information content (AvgIpc) is 2.81. The molecule has 3 aliphatic rings.